The maximum Gasteiger partial charge on any atom is 0.0323 e. The van der Waals surface area contributed by atoms with Crippen LogP contribution in [0, 0.1) is 19.8 Å². The fourth-order valence-corrected chi connectivity index (χ4v) is 2.38. The molecule has 1 aliphatic heterocycles. The van der Waals surface area contributed by atoms with Crippen LogP contribution < -0.4 is 5.32 Å². The van der Waals surface area contributed by atoms with Crippen molar-refractivity contribution in [2.24, 2.45) is 5.92 Å². The Hall–Kier alpha value is -0.820. The highest BCUT2D eigenvalue weighted by atomic mass is 14.9. The average molecular weight is 189 g/mol. The molecule has 0 bridgehead atoms. The third-order valence-corrected chi connectivity index (χ3v) is 3.00. The van der Waals surface area contributed by atoms with Crippen LogP contribution in [0.15, 0.2) is 18.2 Å². The van der Waals surface area contributed by atoms with Crippen molar-refractivity contribution in [3.05, 3.63) is 34.9 Å². The molecule has 1 aliphatic rings. The number of rotatable bonds is 1. The van der Waals surface area contributed by atoms with Gasteiger partial charge in [0.05, 0.1) is 0 Å². The van der Waals surface area contributed by atoms with Gasteiger partial charge in [-0.2, -0.15) is 0 Å². The molecule has 0 aromatic heterocycles. The van der Waals surface area contributed by atoms with Crippen LogP contribution in [0.1, 0.15) is 36.1 Å². The second-order valence-corrected chi connectivity index (χ2v) is 4.72. The lowest BCUT2D eigenvalue weighted by Gasteiger charge is -2.12. The smallest absolute Gasteiger partial charge is 0.0323 e. The second kappa shape index (κ2) is 3.74. The summed E-state index contributed by atoms with van der Waals surface area (Å²) in [6, 6.07) is 7.44. The van der Waals surface area contributed by atoms with Gasteiger partial charge in [-0.05, 0) is 38.3 Å². The van der Waals surface area contributed by atoms with Crippen LogP contribution in [-0.2, 0) is 0 Å². The summed E-state index contributed by atoms with van der Waals surface area (Å²) < 4.78 is 0. The predicted octanol–water partition coefficient (Wildman–Crippen LogP) is 2.97. The molecule has 1 aromatic rings. The van der Waals surface area contributed by atoms with Crippen molar-refractivity contribution in [3.63, 3.8) is 0 Å². The Morgan fingerprint density at radius 1 is 1.14 bits per heavy atom. The standard InChI is InChI=1S/C13H19N/c1-9-4-10(2)6-12(5-9)13-7-11(3)8-14-13/h4-6,11,13-14H,7-8H2,1-3H3. The molecule has 0 spiro atoms. The Bertz CT molecular complexity index is 310. The Kier molecular flexibility index (Phi) is 2.60. The van der Waals surface area contributed by atoms with Gasteiger partial charge in [0.2, 0.25) is 0 Å². The van der Waals surface area contributed by atoms with Gasteiger partial charge in [-0.1, -0.05) is 36.2 Å². The van der Waals surface area contributed by atoms with Gasteiger partial charge >= 0.3 is 0 Å². The quantitative estimate of drug-likeness (QED) is 0.716. The Labute approximate surface area is 86.5 Å². The van der Waals surface area contributed by atoms with E-state index in [0.29, 0.717) is 6.04 Å². The lowest BCUT2D eigenvalue weighted by molar-refractivity contribution is 0.611. The van der Waals surface area contributed by atoms with E-state index in [4.69, 9.17) is 0 Å². The van der Waals surface area contributed by atoms with Gasteiger partial charge in [0.1, 0.15) is 0 Å². The molecular weight excluding hydrogens is 170 g/mol. The lowest BCUT2D eigenvalue weighted by atomic mass is 9.98. The van der Waals surface area contributed by atoms with Crippen molar-refractivity contribution >= 4 is 0 Å². The summed E-state index contributed by atoms with van der Waals surface area (Å²) in [4.78, 5) is 0. The van der Waals surface area contributed by atoms with E-state index in [0.717, 1.165) is 12.5 Å². The Morgan fingerprint density at radius 3 is 2.29 bits per heavy atom. The molecule has 1 heteroatoms. The van der Waals surface area contributed by atoms with Crippen molar-refractivity contribution in [1.82, 2.24) is 5.32 Å². The molecule has 0 aliphatic carbocycles. The van der Waals surface area contributed by atoms with Gasteiger partial charge in [-0.3, -0.25) is 0 Å². The molecular formula is C13H19N. The van der Waals surface area contributed by atoms with Crippen LogP contribution in [0.25, 0.3) is 0 Å². The number of benzene rings is 1. The van der Waals surface area contributed by atoms with E-state index in [1.54, 1.807) is 0 Å². The molecule has 1 N–H and O–H groups in total. The van der Waals surface area contributed by atoms with E-state index in [1.165, 1.54) is 23.1 Å². The van der Waals surface area contributed by atoms with E-state index >= 15 is 0 Å². The van der Waals surface area contributed by atoms with E-state index in [2.05, 4.69) is 44.3 Å². The molecule has 0 radical (unpaired) electrons. The molecule has 1 nitrogen and oxygen atoms in total. The first-order chi connectivity index (χ1) is 6.65. The van der Waals surface area contributed by atoms with Gasteiger partial charge < -0.3 is 5.32 Å². The fourth-order valence-electron chi connectivity index (χ4n) is 2.38. The molecule has 1 saturated heterocycles. The van der Waals surface area contributed by atoms with Crippen LogP contribution in [0.4, 0.5) is 0 Å². The summed E-state index contributed by atoms with van der Waals surface area (Å²) in [6.45, 7) is 7.83. The Balaban J connectivity index is 2.23. The van der Waals surface area contributed by atoms with Crippen LogP contribution in [0.5, 0.6) is 0 Å². The molecule has 76 valence electrons. The summed E-state index contributed by atoms with van der Waals surface area (Å²) in [6.07, 6.45) is 1.28. The highest BCUT2D eigenvalue weighted by molar-refractivity contribution is 5.31. The minimum absolute atomic E-state index is 0.587. The fraction of sp³-hybridized carbons (Fsp3) is 0.538. The SMILES string of the molecule is Cc1cc(C)cc(C2CC(C)CN2)c1. The highest BCUT2D eigenvalue weighted by Crippen LogP contribution is 2.27. The zero-order valence-electron chi connectivity index (χ0n) is 9.30. The highest BCUT2D eigenvalue weighted by Gasteiger charge is 2.21. The van der Waals surface area contributed by atoms with Crippen molar-refractivity contribution in [2.45, 2.75) is 33.2 Å². The first kappa shape index (κ1) is 9.72. The summed E-state index contributed by atoms with van der Waals surface area (Å²) >= 11 is 0. The van der Waals surface area contributed by atoms with Crippen molar-refractivity contribution in [1.29, 1.82) is 0 Å². The van der Waals surface area contributed by atoms with E-state index in [1.807, 2.05) is 0 Å². The van der Waals surface area contributed by atoms with Gasteiger partial charge in [-0.25, -0.2) is 0 Å². The second-order valence-electron chi connectivity index (χ2n) is 4.72. The first-order valence-electron chi connectivity index (χ1n) is 5.47. The predicted molar refractivity (Wildman–Crippen MR) is 60.4 cm³/mol. The van der Waals surface area contributed by atoms with Gasteiger partial charge in [-0.15, -0.1) is 0 Å². The van der Waals surface area contributed by atoms with E-state index < -0.39 is 0 Å². The summed E-state index contributed by atoms with van der Waals surface area (Å²) in [5.41, 5.74) is 4.22. The number of nitrogens with one attached hydrogen (secondary N) is 1. The van der Waals surface area contributed by atoms with E-state index in [9.17, 15) is 0 Å². The molecule has 0 amide bonds. The molecule has 2 rings (SSSR count). The van der Waals surface area contributed by atoms with Crippen LogP contribution in [0.2, 0.25) is 0 Å². The monoisotopic (exact) mass is 189 g/mol. The summed E-state index contributed by atoms with van der Waals surface area (Å²) in [5, 5.41) is 3.58. The van der Waals surface area contributed by atoms with Gasteiger partial charge in [0, 0.05) is 6.04 Å². The van der Waals surface area contributed by atoms with Gasteiger partial charge in [0.15, 0.2) is 0 Å². The molecule has 0 saturated carbocycles. The molecule has 2 unspecified atom stereocenters. The van der Waals surface area contributed by atoms with Crippen molar-refractivity contribution in [2.75, 3.05) is 6.54 Å². The first-order valence-corrected chi connectivity index (χ1v) is 5.47. The lowest BCUT2D eigenvalue weighted by Crippen LogP contribution is -2.13. The van der Waals surface area contributed by atoms with Crippen molar-refractivity contribution < 1.29 is 0 Å². The normalized spacial score (nSPS) is 26.8. The third-order valence-electron chi connectivity index (χ3n) is 3.00. The number of aryl methyl sites for hydroxylation is 2. The van der Waals surface area contributed by atoms with Crippen LogP contribution >= 0.6 is 0 Å². The van der Waals surface area contributed by atoms with Crippen molar-refractivity contribution in [3.8, 4) is 0 Å². The summed E-state index contributed by atoms with van der Waals surface area (Å²) in [7, 11) is 0. The minimum Gasteiger partial charge on any atom is -0.310 e. The maximum absolute atomic E-state index is 3.58. The van der Waals surface area contributed by atoms with Gasteiger partial charge in [0.25, 0.3) is 0 Å². The third kappa shape index (κ3) is 1.98. The zero-order valence-corrected chi connectivity index (χ0v) is 9.30. The zero-order chi connectivity index (χ0) is 10.1. The van der Waals surface area contributed by atoms with Crippen LogP contribution in [0.3, 0.4) is 0 Å². The molecule has 2 atom stereocenters. The molecule has 14 heavy (non-hydrogen) atoms. The molecule has 1 aromatic carbocycles. The van der Waals surface area contributed by atoms with E-state index in [-0.39, 0.29) is 0 Å². The average Bonchev–Trinajstić information content (AvgIpc) is 2.50. The largest absolute Gasteiger partial charge is 0.310 e. The topological polar surface area (TPSA) is 12.0 Å². The Morgan fingerprint density at radius 2 is 1.79 bits per heavy atom. The number of hydrogen-bond donors (Lipinski definition) is 1. The maximum atomic E-state index is 3.58. The van der Waals surface area contributed by atoms with Crippen LogP contribution in [-0.4, -0.2) is 6.54 Å². The number of hydrogen-bond acceptors (Lipinski definition) is 1. The minimum atomic E-state index is 0.587. The molecule has 1 fully saturated rings. The molecule has 1 heterocycles. The summed E-state index contributed by atoms with van der Waals surface area (Å²) in [5.74, 6) is 0.820.